The van der Waals surface area contributed by atoms with Crippen molar-refractivity contribution in [2.45, 2.75) is 25.3 Å². The first-order chi connectivity index (χ1) is 11.1. The molecule has 1 aliphatic heterocycles. The number of rotatable bonds is 3. The van der Waals surface area contributed by atoms with Crippen LogP contribution in [0.2, 0.25) is 0 Å². The van der Waals surface area contributed by atoms with E-state index in [1.165, 1.54) is 6.08 Å². The lowest BCUT2D eigenvalue weighted by molar-refractivity contribution is -0.126. The van der Waals surface area contributed by atoms with Gasteiger partial charge in [0.1, 0.15) is 0 Å². The van der Waals surface area contributed by atoms with E-state index < -0.39 is 5.91 Å². The van der Waals surface area contributed by atoms with Crippen LogP contribution < -0.4 is 5.73 Å². The Kier molecular flexibility index (Phi) is 4.14. The zero-order chi connectivity index (χ0) is 16.4. The van der Waals surface area contributed by atoms with Gasteiger partial charge in [-0.2, -0.15) is 0 Å². The van der Waals surface area contributed by atoms with Crippen LogP contribution in [0.1, 0.15) is 35.9 Å². The van der Waals surface area contributed by atoms with Gasteiger partial charge in [0.15, 0.2) is 5.82 Å². The second kappa shape index (κ2) is 6.24. The topological polar surface area (TPSA) is 81.2 Å². The summed E-state index contributed by atoms with van der Waals surface area (Å²) < 4.78 is 1.90. The number of carbonyl (C=O) groups is 2. The Hall–Kier alpha value is -2.63. The summed E-state index contributed by atoms with van der Waals surface area (Å²) in [4.78, 5) is 30.0. The Morgan fingerprint density at radius 1 is 1.30 bits per heavy atom. The summed E-state index contributed by atoms with van der Waals surface area (Å²) in [5, 5.41) is 0. The van der Waals surface area contributed by atoms with Gasteiger partial charge in [-0.15, -0.1) is 0 Å². The Balaban J connectivity index is 2.06. The molecular weight excluding hydrogens is 292 g/mol. The van der Waals surface area contributed by atoms with Crippen LogP contribution >= 0.6 is 0 Å². The summed E-state index contributed by atoms with van der Waals surface area (Å²) in [6.07, 6.45) is 4.13. The predicted molar refractivity (Wildman–Crippen MR) is 87.9 cm³/mol. The number of nitrogens with zero attached hydrogens (tertiary/aromatic N) is 3. The number of fused-ring (bicyclic) bond motifs is 1. The molecule has 120 valence electrons. The minimum atomic E-state index is -0.549. The van der Waals surface area contributed by atoms with Crippen LogP contribution in [0.3, 0.4) is 0 Å². The minimum absolute atomic E-state index is 0.0173. The molecule has 6 nitrogen and oxygen atoms in total. The highest BCUT2D eigenvalue weighted by Gasteiger charge is 2.26. The molecule has 0 saturated carbocycles. The Bertz CT molecular complexity index is 765. The number of nitrogens with two attached hydrogens (primary N) is 1. The minimum Gasteiger partial charge on any atom is -0.363 e. The molecule has 0 bridgehead atoms. The van der Waals surface area contributed by atoms with E-state index in [0.717, 1.165) is 30.3 Å². The molecule has 23 heavy (non-hydrogen) atoms. The van der Waals surface area contributed by atoms with Crippen molar-refractivity contribution in [2.24, 2.45) is 5.73 Å². The maximum atomic E-state index is 12.0. The normalized spacial score (nSPS) is 18.6. The van der Waals surface area contributed by atoms with Crippen molar-refractivity contribution in [3.05, 3.63) is 42.7 Å². The number of primary amides is 1. The molecule has 2 amide bonds. The molecule has 1 fully saturated rings. The van der Waals surface area contributed by atoms with E-state index in [0.29, 0.717) is 13.1 Å². The summed E-state index contributed by atoms with van der Waals surface area (Å²) in [6, 6.07) is 7.57. The highest BCUT2D eigenvalue weighted by atomic mass is 16.2. The molecule has 1 unspecified atom stereocenters. The zero-order valence-corrected chi connectivity index (χ0v) is 12.9. The van der Waals surface area contributed by atoms with Crippen molar-refractivity contribution in [1.29, 1.82) is 0 Å². The Morgan fingerprint density at radius 2 is 2.09 bits per heavy atom. The molecule has 0 spiro atoms. The first-order valence-corrected chi connectivity index (χ1v) is 7.80. The molecule has 1 aromatic heterocycles. The summed E-state index contributed by atoms with van der Waals surface area (Å²) >= 11 is 0. The number of aromatic nitrogens is 2. The monoisotopic (exact) mass is 312 g/mol. The third kappa shape index (κ3) is 2.84. The Morgan fingerprint density at radius 3 is 2.83 bits per heavy atom. The third-order valence-corrected chi connectivity index (χ3v) is 4.31. The molecule has 1 aromatic carbocycles. The van der Waals surface area contributed by atoms with Gasteiger partial charge >= 0.3 is 0 Å². The molecule has 1 saturated heterocycles. The quantitative estimate of drug-likeness (QED) is 0.879. The van der Waals surface area contributed by atoms with E-state index in [2.05, 4.69) is 11.6 Å². The molecule has 0 aliphatic carbocycles. The lowest BCUT2D eigenvalue weighted by atomic mass is 10.1. The smallest absolute Gasteiger partial charge is 0.284 e. The number of hydrogen-bond donors (Lipinski definition) is 1. The lowest BCUT2D eigenvalue weighted by Gasteiger charge is -2.25. The number of carbonyl (C=O) groups excluding carboxylic acids is 2. The number of benzene rings is 1. The maximum Gasteiger partial charge on any atom is 0.284 e. The fraction of sp³-hybridized carbons (Fsp3) is 0.353. The van der Waals surface area contributed by atoms with Crippen LogP contribution in [0.25, 0.3) is 11.0 Å². The zero-order valence-electron chi connectivity index (χ0n) is 12.9. The van der Waals surface area contributed by atoms with Gasteiger partial charge in [-0.25, -0.2) is 4.98 Å². The highest BCUT2D eigenvalue weighted by Crippen LogP contribution is 2.27. The Labute approximate surface area is 134 Å². The molecule has 0 radical (unpaired) electrons. The van der Waals surface area contributed by atoms with Crippen molar-refractivity contribution in [2.75, 3.05) is 13.1 Å². The van der Waals surface area contributed by atoms with Gasteiger partial charge < -0.3 is 15.2 Å². The molecular formula is C17H20N4O2. The molecule has 2 N–H and O–H groups in total. The van der Waals surface area contributed by atoms with E-state index in [4.69, 9.17) is 5.73 Å². The first kappa shape index (κ1) is 15.3. The molecule has 1 aliphatic rings. The van der Waals surface area contributed by atoms with E-state index in [9.17, 15) is 9.59 Å². The molecule has 2 heterocycles. The summed E-state index contributed by atoms with van der Waals surface area (Å²) in [7, 11) is 0. The predicted octanol–water partition coefficient (Wildman–Crippen LogP) is 1.87. The van der Waals surface area contributed by atoms with E-state index >= 15 is 0 Å². The second-order valence-corrected chi connectivity index (χ2v) is 5.80. The maximum absolute atomic E-state index is 12.0. The third-order valence-electron chi connectivity index (χ3n) is 4.31. The van der Waals surface area contributed by atoms with E-state index in [1.54, 1.807) is 4.90 Å². The number of hydrogen-bond acceptors (Lipinski definition) is 3. The fourth-order valence-electron chi connectivity index (χ4n) is 3.25. The molecule has 2 aromatic rings. The van der Waals surface area contributed by atoms with Gasteiger partial charge in [0.25, 0.3) is 5.91 Å². The first-order valence-electron chi connectivity index (χ1n) is 7.80. The van der Waals surface area contributed by atoms with Gasteiger partial charge in [-0.1, -0.05) is 18.7 Å². The number of likely N-dealkylation sites (tertiary alicyclic amines) is 1. The van der Waals surface area contributed by atoms with Crippen LogP contribution in [0, 0.1) is 0 Å². The number of para-hydroxylation sites is 2. The lowest BCUT2D eigenvalue weighted by Crippen LogP contribution is -2.35. The average molecular weight is 312 g/mol. The number of amides is 2. The summed E-state index contributed by atoms with van der Waals surface area (Å²) in [5.41, 5.74) is 7.14. The van der Waals surface area contributed by atoms with Crippen molar-refractivity contribution >= 4 is 22.8 Å². The van der Waals surface area contributed by atoms with Crippen LogP contribution in [0.4, 0.5) is 0 Å². The summed E-state index contributed by atoms with van der Waals surface area (Å²) in [5.74, 6) is -0.377. The van der Waals surface area contributed by atoms with Gasteiger partial charge in [-0.05, 0) is 37.5 Å². The van der Waals surface area contributed by atoms with Gasteiger partial charge in [0.2, 0.25) is 5.91 Å². The van der Waals surface area contributed by atoms with Crippen LogP contribution in [-0.4, -0.2) is 39.4 Å². The van der Waals surface area contributed by atoms with Gasteiger partial charge in [0.05, 0.1) is 17.1 Å². The molecule has 1 atom stereocenters. The van der Waals surface area contributed by atoms with Crippen LogP contribution in [0.15, 0.2) is 36.9 Å². The average Bonchev–Trinajstić information content (AvgIpc) is 2.78. The second-order valence-electron chi connectivity index (χ2n) is 5.80. The van der Waals surface area contributed by atoms with E-state index in [-0.39, 0.29) is 17.8 Å². The fourth-order valence-corrected chi connectivity index (χ4v) is 3.25. The largest absolute Gasteiger partial charge is 0.363 e. The van der Waals surface area contributed by atoms with Crippen LogP contribution in [-0.2, 0) is 4.79 Å². The SMILES string of the molecule is C=CC(=O)N1CCCCC(n2c(C(N)=O)nc3ccccc32)C1. The van der Waals surface area contributed by atoms with Crippen molar-refractivity contribution in [1.82, 2.24) is 14.5 Å². The number of imidazole rings is 1. The standard InChI is InChI=1S/C17H20N4O2/c1-2-15(22)20-10-6-5-7-12(11-20)21-14-9-4-3-8-13(14)19-17(21)16(18)23/h2-4,8-9,12H,1,5-7,10-11H2,(H2,18,23). The van der Waals surface area contributed by atoms with E-state index in [1.807, 2.05) is 28.8 Å². The molecule has 6 heteroatoms. The van der Waals surface area contributed by atoms with Gasteiger partial charge in [0, 0.05) is 13.1 Å². The highest BCUT2D eigenvalue weighted by molar-refractivity contribution is 5.94. The van der Waals surface area contributed by atoms with Gasteiger partial charge in [-0.3, -0.25) is 9.59 Å². The van der Waals surface area contributed by atoms with Crippen molar-refractivity contribution in [3.8, 4) is 0 Å². The summed E-state index contributed by atoms with van der Waals surface area (Å²) in [6.45, 7) is 4.81. The van der Waals surface area contributed by atoms with Crippen molar-refractivity contribution in [3.63, 3.8) is 0 Å². The van der Waals surface area contributed by atoms with Crippen molar-refractivity contribution < 1.29 is 9.59 Å². The molecule has 3 rings (SSSR count). The van der Waals surface area contributed by atoms with Crippen LogP contribution in [0.5, 0.6) is 0 Å².